The molecule has 1 aromatic carbocycles. The van der Waals surface area contributed by atoms with Gasteiger partial charge in [0.25, 0.3) is 11.8 Å². The number of carboxylic acid groups (broad SMARTS) is 1. The van der Waals surface area contributed by atoms with Crippen LogP contribution < -0.4 is 0 Å². The first-order valence-electron chi connectivity index (χ1n) is 8.90. The second-order valence-electron chi connectivity index (χ2n) is 7.05. The molecule has 0 radical (unpaired) electrons. The van der Waals surface area contributed by atoms with Crippen LogP contribution >= 0.6 is 0 Å². The van der Waals surface area contributed by atoms with Crippen LogP contribution in [0.4, 0.5) is 4.79 Å². The number of carbonyl (C=O) groups is 3. The third-order valence-corrected chi connectivity index (χ3v) is 5.45. The van der Waals surface area contributed by atoms with Gasteiger partial charge in [-0.2, -0.15) is 0 Å². The molecule has 1 heterocycles. The van der Waals surface area contributed by atoms with Gasteiger partial charge in [-0.25, -0.2) is 4.79 Å². The largest absolute Gasteiger partial charge is 0.465 e. The molecule has 1 aliphatic heterocycles. The molecule has 1 aromatic rings. The van der Waals surface area contributed by atoms with Crippen molar-refractivity contribution in [2.45, 2.75) is 44.6 Å². The van der Waals surface area contributed by atoms with E-state index in [0.29, 0.717) is 23.5 Å². The van der Waals surface area contributed by atoms with Crippen LogP contribution in [0.25, 0.3) is 0 Å². The maximum Gasteiger partial charge on any atom is 0.407 e. The van der Waals surface area contributed by atoms with Crippen molar-refractivity contribution in [2.75, 3.05) is 13.6 Å². The predicted molar refractivity (Wildman–Crippen MR) is 92.6 cm³/mol. The number of rotatable bonds is 5. The van der Waals surface area contributed by atoms with Gasteiger partial charge in [0.15, 0.2) is 0 Å². The Labute approximate surface area is 147 Å². The summed E-state index contributed by atoms with van der Waals surface area (Å²) >= 11 is 0. The first kappa shape index (κ1) is 17.5. The summed E-state index contributed by atoms with van der Waals surface area (Å²) in [4.78, 5) is 39.1. The molecule has 0 aromatic heterocycles. The number of fused-ring (bicyclic) bond motifs is 1. The van der Waals surface area contributed by atoms with E-state index in [0.717, 1.165) is 12.8 Å². The maximum absolute atomic E-state index is 12.6. The number of benzene rings is 1. The number of nitrogens with zero attached hydrogens (tertiary/aromatic N) is 2. The summed E-state index contributed by atoms with van der Waals surface area (Å²) in [5.74, 6) is -0.197. The van der Waals surface area contributed by atoms with Crippen LogP contribution in [-0.4, -0.2) is 52.4 Å². The van der Waals surface area contributed by atoms with Gasteiger partial charge < -0.3 is 10.0 Å². The highest BCUT2D eigenvalue weighted by atomic mass is 16.4. The van der Waals surface area contributed by atoms with Crippen molar-refractivity contribution in [2.24, 2.45) is 5.92 Å². The summed E-state index contributed by atoms with van der Waals surface area (Å²) in [5.41, 5.74) is 0.809. The summed E-state index contributed by atoms with van der Waals surface area (Å²) in [7, 11) is 1.52. The Hall–Kier alpha value is -2.37. The fraction of sp³-hybridized carbons (Fsp3) is 0.526. The number of imide groups is 1. The summed E-state index contributed by atoms with van der Waals surface area (Å²) < 4.78 is 0. The summed E-state index contributed by atoms with van der Waals surface area (Å²) in [6.07, 6.45) is 5.41. The lowest BCUT2D eigenvalue weighted by atomic mass is 9.84. The molecule has 6 nitrogen and oxygen atoms in total. The van der Waals surface area contributed by atoms with Crippen molar-refractivity contribution in [3.8, 4) is 0 Å². The molecular weight excluding hydrogens is 320 g/mol. The van der Waals surface area contributed by atoms with Crippen LogP contribution in [0.2, 0.25) is 0 Å². The maximum atomic E-state index is 12.6. The van der Waals surface area contributed by atoms with Crippen LogP contribution in [0.15, 0.2) is 24.3 Å². The minimum atomic E-state index is -1.03. The molecule has 1 saturated carbocycles. The zero-order valence-electron chi connectivity index (χ0n) is 14.5. The zero-order chi connectivity index (χ0) is 18.0. The molecule has 0 unspecified atom stereocenters. The van der Waals surface area contributed by atoms with Crippen molar-refractivity contribution in [3.63, 3.8) is 0 Å². The number of hydrogen-bond acceptors (Lipinski definition) is 3. The van der Waals surface area contributed by atoms with E-state index in [4.69, 9.17) is 0 Å². The van der Waals surface area contributed by atoms with Gasteiger partial charge >= 0.3 is 6.09 Å². The molecule has 1 aliphatic carbocycles. The highest BCUT2D eigenvalue weighted by Gasteiger charge is 2.38. The summed E-state index contributed by atoms with van der Waals surface area (Å²) in [5, 5.41) is 9.40. The molecule has 134 valence electrons. The van der Waals surface area contributed by atoms with Crippen LogP contribution in [-0.2, 0) is 0 Å². The molecule has 0 saturated heterocycles. The minimum Gasteiger partial charge on any atom is -0.465 e. The lowest BCUT2D eigenvalue weighted by Crippen LogP contribution is -2.47. The van der Waals surface area contributed by atoms with Gasteiger partial charge in [0.1, 0.15) is 0 Å². The van der Waals surface area contributed by atoms with Gasteiger partial charge in [0, 0.05) is 13.6 Å². The molecule has 0 bridgehead atoms. The Bertz CT molecular complexity index is 647. The molecular formula is C19H24N2O4. The normalized spacial score (nSPS) is 19.0. The average Bonchev–Trinajstić information content (AvgIpc) is 2.86. The lowest BCUT2D eigenvalue weighted by molar-refractivity contribution is 0.0574. The van der Waals surface area contributed by atoms with Gasteiger partial charge in [-0.3, -0.25) is 14.5 Å². The highest BCUT2D eigenvalue weighted by molar-refractivity contribution is 6.21. The topological polar surface area (TPSA) is 77.9 Å². The number of amides is 3. The van der Waals surface area contributed by atoms with Gasteiger partial charge in [-0.1, -0.05) is 44.2 Å². The molecule has 1 atom stereocenters. The molecule has 2 aliphatic rings. The van der Waals surface area contributed by atoms with E-state index in [1.54, 1.807) is 24.3 Å². The second kappa shape index (κ2) is 7.25. The molecule has 3 rings (SSSR count). The van der Waals surface area contributed by atoms with Crippen molar-refractivity contribution < 1.29 is 19.5 Å². The summed E-state index contributed by atoms with van der Waals surface area (Å²) in [6.45, 7) is 0.117. The first-order valence-corrected chi connectivity index (χ1v) is 8.90. The first-order chi connectivity index (χ1) is 12.0. The minimum absolute atomic E-state index is 0.117. The van der Waals surface area contributed by atoms with E-state index in [-0.39, 0.29) is 24.4 Å². The Kier molecular flexibility index (Phi) is 5.06. The van der Waals surface area contributed by atoms with Crippen molar-refractivity contribution in [1.82, 2.24) is 9.80 Å². The molecule has 1 fully saturated rings. The molecule has 1 N–H and O–H groups in total. The second-order valence-corrected chi connectivity index (χ2v) is 7.05. The SMILES string of the molecule is CN(C(=O)O)[C@@H](CC1CCCCC1)CN1C(=O)c2ccccc2C1=O. The van der Waals surface area contributed by atoms with E-state index >= 15 is 0 Å². The Morgan fingerprint density at radius 3 is 2.24 bits per heavy atom. The lowest BCUT2D eigenvalue weighted by Gasteiger charge is -2.33. The van der Waals surface area contributed by atoms with Crippen molar-refractivity contribution in [1.29, 1.82) is 0 Å². The predicted octanol–water partition coefficient (Wildman–Crippen LogP) is 3.23. The van der Waals surface area contributed by atoms with E-state index in [1.807, 2.05) is 0 Å². The standard InChI is InChI=1S/C19H24N2O4/c1-20(19(24)25)14(11-13-7-3-2-4-8-13)12-21-17(22)15-9-5-6-10-16(15)18(21)23/h5-6,9-10,13-14H,2-4,7-8,11-12H2,1H3,(H,24,25)/t14-/m0/s1. The Morgan fingerprint density at radius 1 is 1.16 bits per heavy atom. The van der Waals surface area contributed by atoms with Gasteiger partial charge in [0.05, 0.1) is 17.2 Å². The Morgan fingerprint density at radius 2 is 1.72 bits per heavy atom. The van der Waals surface area contributed by atoms with Gasteiger partial charge in [0.2, 0.25) is 0 Å². The van der Waals surface area contributed by atoms with Gasteiger partial charge in [-0.15, -0.1) is 0 Å². The third kappa shape index (κ3) is 3.52. The van der Waals surface area contributed by atoms with E-state index in [1.165, 1.54) is 36.1 Å². The summed E-state index contributed by atoms with van der Waals surface area (Å²) in [6, 6.07) is 6.38. The highest BCUT2D eigenvalue weighted by Crippen LogP contribution is 2.30. The fourth-order valence-corrected chi connectivity index (χ4v) is 3.93. The molecule has 25 heavy (non-hydrogen) atoms. The number of hydrogen-bond donors (Lipinski definition) is 1. The van der Waals surface area contributed by atoms with E-state index in [9.17, 15) is 19.5 Å². The monoisotopic (exact) mass is 344 g/mol. The molecule has 0 spiro atoms. The average molecular weight is 344 g/mol. The van der Waals surface area contributed by atoms with Crippen LogP contribution in [0, 0.1) is 5.92 Å². The van der Waals surface area contributed by atoms with Crippen molar-refractivity contribution >= 4 is 17.9 Å². The molecule has 3 amide bonds. The molecule has 6 heteroatoms. The number of carbonyl (C=O) groups excluding carboxylic acids is 2. The Balaban J connectivity index is 1.77. The quantitative estimate of drug-likeness (QED) is 0.832. The van der Waals surface area contributed by atoms with Crippen molar-refractivity contribution in [3.05, 3.63) is 35.4 Å². The van der Waals surface area contributed by atoms with Crippen LogP contribution in [0.1, 0.15) is 59.2 Å². The van der Waals surface area contributed by atoms with Crippen LogP contribution in [0.5, 0.6) is 0 Å². The van der Waals surface area contributed by atoms with Crippen LogP contribution in [0.3, 0.4) is 0 Å². The zero-order valence-corrected chi connectivity index (χ0v) is 14.5. The number of likely N-dealkylation sites (N-methyl/N-ethyl adjacent to an activating group) is 1. The third-order valence-electron chi connectivity index (χ3n) is 5.45. The van der Waals surface area contributed by atoms with E-state index < -0.39 is 6.09 Å². The van der Waals surface area contributed by atoms with Gasteiger partial charge in [-0.05, 0) is 24.5 Å². The van der Waals surface area contributed by atoms with E-state index in [2.05, 4.69) is 0 Å². The smallest absolute Gasteiger partial charge is 0.407 e. The fourth-order valence-electron chi connectivity index (χ4n) is 3.93.